The van der Waals surface area contributed by atoms with Crippen molar-refractivity contribution in [3.63, 3.8) is 0 Å². The quantitative estimate of drug-likeness (QED) is 0.664. The topological polar surface area (TPSA) is 79.5 Å². The average Bonchev–Trinajstić information content (AvgIpc) is 2.50. The second-order valence-electron chi connectivity index (χ2n) is 5.06. The predicted molar refractivity (Wildman–Crippen MR) is 90.3 cm³/mol. The minimum absolute atomic E-state index is 0.140. The molecular formula is C16H29N3O3. The molecule has 6 heteroatoms. The fraction of sp³-hybridized carbons (Fsp3) is 0.688. The molecule has 2 unspecified atom stereocenters. The van der Waals surface area contributed by atoms with E-state index < -0.39 is 4.92 Å². The van der Waals surface area contributed by atoms with Gasteiger partial charge in [-0.1, -0.05) is 34.1 Å². The van der Waals surface area contributed by atoms with Gasteiger partial charge in [0.15, 0.2) is 6.20 Å². The van der Waals surface area contributed by atoms with Crippen molar-refractivity contribution in [1.82, 2.24) is 4.98 Å². The third-order valence-electron chi connectivity index (χ3n) is 3.10. The number of hydrogen-bond acceptors (Lipinski definition) is 5. The number of nitrogens with zero attached hydrogens (tertiary/aromatic N) is 3. The van der Waals surface area contributed by atoms with E-state index in [1.165, 1.54) is 18.7 Å². The summed E-state index contributed by atoms with van der Waals surface area (Å²) in [7, 11) is 0. The Bertz CT molecular complexity index is 423. The zero-order chi connectivity index (χ0) is 17.1. The lowest BCUT2D eigenvalue weighted by Gasteiger charge is -2.36. The van der Waals surface area contributed by atoms with Gasteiger partial charge in [0.1, 0.15) is 0 Å². The van der Waals surface area contributed by atoms with Crippen LogP contribution in [-0.4, -0.2) is 33.7 Å². The van der Waals surface area contributed by atoms with Gasteiger partial charge in [0, 0.05) is 18.7 Å². The molecule has 0 spiro atoms. The first-order valence-electron chi connectivity index (χ1n) is 8.04. The lowest BCUT2D eigenvalue weighted by Crippen LogP contribution is -2.42. The van der Waals surface area contributed by atoms with Gasteiger partial charge in [-0.3, -0.25) is 0 Å². The van der Waals surface area contributed by atoms with Crippen LogP contribution in [0, 0.1) is 10.1 Å². The maximum absolute atomic E-state index is 10.5. The maximum atomic E-state index is 10.5. The summed E-state index contributed by atoms with van der Waals surface area (Å²) in [5, 5.41) is 20.0. The number of nitro groups is 1. The molecule has 22 heavy (non-hydrogen) atoms. The number of anilines is 1. The zero-order valence-corrected chi connectivity index (χ0v) is 14.3. The Morgan fingerprint density at radius 3 is 2.41 bits per heavy atom. The first-order chi connectivity index (χ1) is 10.5. The Kier molecular flexibility index (Phi) is 10.1. The van der Waals surface area contributed by atoms with Crippen LogP contribution in [0.25, 0.3) is 0 Å². The minimum Gasteiger partial charge on any atom is -0.393 e. The SMILES string of the molecule is CC.CC1CC(O)CCN1c1ccc([N+](=O)[O-])nc1.CCC. The smallest absolute Gasteiger partial charge is 0.363 e. The largest absolute Gasteiger partial charge is 0.393 e. The second kappa shape index (κ2) is 11.0. The molecule has 2 atom stereocenters. The van der Waals surface area contributed by atoms with Crippen LogP contribution < -0.4 is 4.90 Å². The molecule has 1 aliphatic heterocycles. The Labute approximate surface area is 133 Å². The van der Waals surface area contributed by atoms with E-state index in [0.717, 1.165) is 25.1 Å². The van der Waals surface area contributed by atoms with Crippen LogP contribution in [0.15, 0.2) is 18.3 Å². The lowest BCUT2D eigenvalue weighted by atomic mass is 10.0. The molecule has 126 valence electrons. The highest BCUT2D eigenvalue weighted by molar-refractivity contribution is 5.47. The van der Waals surface area contributed by atoms with Gasteiger partial charge in [0.05, 0.1) is 11.8 Å². The van der Waals surface area contributed by atoms with E-state index in [1.54, 1.807) is 6.07 Å². The third-order valence-corrected chi connectivity index (χ3v) is 3.10. The standard InChI is InChI=1S/C11H15N3O3.C3H8.C2H6/c1-8-6-10(15)4-5-13(8)9-2-3-11(12-7-9)14(16)17;1-3-2;1-2/h2-3,7-8,10,15H,4-6H2,1H3;3H2,1-2H3;1-2H3. The molecule has 0 aliphatic carbocycles. The van der Waals surface area contributed by atoms with Crippen molar-refractivity contribution in [1.29, 1.82) is 0 Å². The van der Waals surface area contributed by atoms with Crippen molar-refractivity contribution >= 4 is 11.5 Å². The molecule has 1 saturated heterocycles. The van der Waals surface area contributed by atoms with Gasteiger partial charge in [0.25, 0.3) is 0 Å². The maximum Gasteiger partial charge on any atom is 0.363 e. The van der Waals surface area contributed by atoms with E-state index in [9.17, 15) is 15.2 Å². The molecule has 0 saturated carbocycles. The van der Waals surface area contributed by atoms with Gasteiger partial charge in [0.2, 0.25) is 0 Å². The fourth-order valence-electron chi connectivity index (χ4n) is 2.19. The van der Waals surface area contributed by atoms with Crippen molar-refractivity contribution in [3.8, 4) is 0 Å². The molecule has 6 nitrogen and oxygen atoms in total. The van der Waals surface area contributed by atoms with Crippen LogP contribution in [0.1, 0.15) is 53.9 Å². The molecule has 0 amide bonds. The fourth-order valence-corrected chi connectivity index (χ4v) is 2.19. The lowest BCUT2D eigenvalue weighted by molar-refractivity contribution is -0.389. The normalized spacial score (nSPS) is 20.2. The van der Waals surface area contributed by atoms with Crippen LogP contribution in [0.4, 0.5) is 11.5 Å². The zero-order valence-electron chi connectivity index (χ0n) is 14.3. The molecule has 0 aromatic carbocycles. The van der Waals surface area contributed by atoms with Crippen molar-refractivity contribution in [2.75, 3.05) is 11.4 Å². The third kappa shape index (κ3) is 6.39. The van der Waals surface area contributed by atoms with Crippen molar-refractivity contribution in [2.45, 2.75) is 66.0 Å². The van der Waals surface area contributed by atoms with E-state index in [-0.39, 0.29) is 18.0 Å². The van der Waals surface area contributed by atoms with Gasteiger partial charge < -0.3 is 20.1 Å². The molecule has 0 radical (unpaired) electrons. The number of aromatic nitrogens is 1. The van der Waals surface area contributed by atoms with Crippen molar-refractivity contribution < 1.29 is 10.0 Å². The highest BCUT2D eigenvalue weighted by atomic mass is 16.6. The number of aliphatic hydroxyl groups is 1. The molecular weight excluding hydrogens is 282 g/mol. The highest BCUT2D eigenvalue weighted by Crippen LogP contribution is 2.25. The number of hydrogen-bond donors (Lipinski definition) is 1. The first kappa shape index (κ1) is 20.3. The van der Waals surface area contributed by atoms with Gasteiger partial charge in [-0.25, -0.2) is 0 Å². The predicted octanol–water partition coefficient (Wildman–Crippen LogP) is 3.78. The molecule has 1 fully saturated rings. The second-order valence-corrected chi connectivity index (χ2v) is 5.06. The van der Waals surface area contributed by atoms with Crippen molar-refractivity contribution in [3.05, 3.63) is 28.4 Å². The summed E-state index contributed by atoms with van der Waals surface area (Å²) < 4.78 is 0. The van der Waals surface area contributed by atoms with Gasteiger partial charge in [-0.05, 0) is 35.7 Å². The van der Waals surface area contributed by atoms with Crippen LogP contribution in [-0.2, 0) is 0 Å². The molecule has 1 aliphatic rings. The molecule has 2 rings (SSSR count). The Balaban J connectivity index is 0.000000789. The summed E-state index contributed by atoms with van der Waals surface area (Å²) in [6.07, 6.45) is 3.97. The molecule has 1 N–H and O–H groups in total. The summed E-state index contributed by atoms with van der Waals surface area (Å²) in [5.74, 6) is -0.140. The Hall–Kier alpha value is -1.69. The van der Waals surface area contributed by atoms with E-state index >= 15 is 0 Å². The number of rotatable bonds is 2. The molecule has 0 bridgehead atoms. The van der Waals surface area contributed by atoms with Crippen molar-refractivity contribution in [2.24, 2.45) is 0 Å². The summed E-state index contributed by atoms with van der Waals surface area (Å²) in [6.45, 7) is 11.0. The van der Waals surface area contributed by atoms with E-state index in [1.807, 2.05) is 20.8 Å². The molecule has 1 aromatic heterocycles. The number of piperidine rings is 1. The van der Waals surface area contributed by atoms with E-state index in [2.05, 4.69) is 23.7 Å². The minimum atomic E-state index is -0.507. The number of pyridine rings is 1. The highest BCUT2D eigenvalue weighted by Gasteiger charge is 2.25. The van der Waals surface area contributed by atoms with Crippen LogP contribution in [0.5, 0.6) is 0 Å². The first-order valence-corrected chi connectivity index (χ1v) is 8.04. The van der Waals surface area contributed by atoms with Gasteiger partial charge in [-0.15, -0.1) is 0 Å². The monoisotopic (exact) mass is 311 g/mol. The number of aliphatic hydroxyl groups excluding tert-OH is 1. The van der Waals surface area contributed by atoms with Gasteiger partial charge >= 0.3 is 5.82 Å². The Morgan fingerprint density at radius 1 is 1.41 bits per heavy atom. The van der Waals surface area contributed by atoms with E-state index in [4.69, 9.17) is 0 Å². The van der Waals surface area contributed by atoms with Gasteiger partial charge in [-0.2, -0.15) is 0 Å². The molecule has 1 aromatic rings. The van der Waals surface area contributed by atoms with Crippen LogP contribution >= 0.6 is 0 Å². The van der Waals surface area contributed by atoms with E-state index in [0.29, 0.717) is 0 Å². The summed E-state index contributed by atoms with van der Waals surface area (Å²) >= 11 is 0. The summed E-state index contributed by atoms with van der Waals surface area (Å²) in [5.41, 5.74) is 0.870. The summed E-state index contributed by atoms with van der Waals surface area (Å²) in [4.78, 5) is 15.9. The van der Waals surface area contributed by atoms with Crippen LogP contribution in [0.2, 0.25) is 0 Å². The molecule has 2 heterocycles. The average molecular weight is 311 g/mol. The van der Waals surface area contributed by atoms with Crippen LogP contribution in [0.3, 0.4) is 0 Å². The Morgan fingerprint density at radius 2 is 2.00 bits per heavy atom. The summed E-state index contributed by atoms with van der Waals surface area (Å²) in [6, 6.07) is 3.34.